The monoisotopic (exact) mass is 538 g/mol. The third-order valence-electron chi connectivity index (χ3n) is 6.82. The molecule has 0 rings (SSSR count). The number of nitrogens with two attached hydrogens (primary N) is 1. The minimum Gasteiger partial charge on any atom is -0.480 e. The molecule has 0 fully saturated rings. The molecule has 0 heterocycles. The first-order valence-corrected chi connectivity index (χ1v) is 15.5. The number of ether oxygens (including phenoxy) is 1. The number of nitrogens with one attached hydrogen (secondary N) is 1. The molecule has 7 nitrogen and oxygen atoms in total. The van der Waals surface area contributed by atoms with Crippen LogP contribution in [0.3, 0.4) is 0 Å². The number of hydrogen-bond acceptors (Lipinski definition) is 5. The lowest BCUT2D eigenvalue weighted by atomic mass is 10.1. The fourth-order valence-corrected chi connectivity index (χ4v) is 4.40. The van der Waals surface area contributed by atoms with Crippen molar-refractivity contribution in [1.29, 1.82) is 0 Å². The van der Waals surface area contributed by atoms with E-state index in [1.165, 1.54) is 44.9 Å². The topological polar surface area (TPSA) is 119 Å². The van der Waals surface area contributed by atoms with Gasteiger partial charge in [0.2, 0.25) is 5.91 Å². The Labute approximate surface area is 232 Å². The van der Waals surface area contributed by atoms with E-state index in [0.29, 0.717) is 38.6 Å². The summed E-state index contributed by atoms with van der Waals surface area (Å²) in [5, 5.41) is 11.8. The van der Waals surface area contributed by atoms with Crippen LogP contribution >= 0.6 is 0 Å². The summed E-state index contributed by atoms with van der Waals surface area (Å²) >= 11 is 0. The summed E-state index contributed by atoms with van der Waals surface area (Å²) in [5.41, 5.74) is 5.44. The van der Waals surface area contributed by atoms with Gasteiger partial charge in [-0.3, -0.25) is 9.59 Å². The van der Waals surface area contributed by atoms with Crippen LogP contribution < -0.4 is 11.1 Å². The molecule has 0 aliphatic heterocycles. The van der Waals surface area contributed by atoms with Crippen molar-refractivity contribution in [3.63, 3.8) is 0 Å². The van der Waals surface area contributed by atoms with E-state index in [9.17, 15) is 19.5 Å². The molecule has 0 radical (unpaired) electrons. The quantitative estimate of drug-likeness (QED) is 0.0577. The number of carbonyl (C=O) groups is 3. The Morgan fingerprint density at radius 1 is 0.763 bits per heavy atom. The molecule has 0 bridgehead atoms. The van der Waals surface area contributed by atoms with Crippen molar-refractivity contribution in [1.82, 2.24) is 5.32 Å². The second-order valence-electron chi connectivity index (χ2n) is 10.5. The molecule has 0 aromatic heterocycles. The SMILES string of the molecule is CCCC/C=C\C(CCCCCCC(=O)NC(CCCN)C(=O)O)OC(=O)CCCCCCCCCCC. The maximum Gasteiger partial charge on any atom is 0.326 e. The molecule has 222 valence electrons. The molecule has 7 heteroatoms. The number of carboxylic acid groups (broad SMARTS) is 1. The van der Waals surface area contributed by atoms with Gasteiger partial charge in [0.25, 0.3) is 0 Å². The van der Waals surface area contributed by atoms with Gasteiger partial charge in [-0.05, 0) is 57.6 Å². The highest BCUT2D eigenvalue weighted by Crippen LogP contribution is 2.15. The summed E-state index contributed by atoms with van der Waals surface area (Å²) < 4.78 is 5.79. The average molecular weight is 539 g/mol. The van der Waals surface area contributed by atoms with Gasteiger partial charge < -0.3 is 20.9 Å². The van der Waals surface area contributed by atoms with E-state index >= 15 is 0 Å². The number of esters is 1. The average Bonchev–Trinajstić information content (AvgIpc) is 2.89. The van der Waals surface area contributed by atoms with Crippen LogP contribution in [0, 0.1) is 0 Å². The number of rotatable bonds is 27. The predicted molar refractivity (Wildman–Crippen MR) is 156 cm³/mol. The number of allylic oxidation sites excluding steroid dienone is 1. The fourth-order valence-electron chi connectivity index (χ4n) is 4.40. The molecular formula is C31H58N2O5. The Morgan fingerprint density at radius 2 is 1.34 bits per heavy atom. The van der Waals surface area contributed by atoms with Gasteiger partial charge in [0.05, 0.1) is 0 Å². The molecule has 0 aromatic rings. The third kappa shape index (κ3) is 23.2. The van der Waals surface area contributed by atoms with Gasteiger partial charge in [-0.1, -0.05) is 97.0 Å². The predicted octanol–water partition coefficient (Wildman–Crippen LogP) is 7.21. The number of hydrogen-bond donors (Lipinski definition) is 3. The first-order valence-electron chi connectivity index (χ1n) is 15.5. The number of carbonyl (C=O) groups excluding carboxylic acids is 2. The molecule has 0 aliphatic carbocycles. The first kappa shape index (κ1) is 36.1. The lowest BCUT2D eigenvalue weighted by Crippen LogP contribution is -2.40. The van der Waals surface area contributed by atoms with Crippen molar-refractivity contribution >= 4 is 17.8 Å². The maximum absolute atomic E-state index is 12.4. The van der Waals surface area contributed by atoms with Gasteiger partial charge in [0, 0.05) is 12.8 Å². The van der Waals surface area contributed by atoms with Gasteiger partial charge >= 0.3 is 11.9 Å². The highest BCUT2D eigenvalue weighted by atomic mass is 16.5. The molecule has 0 spiro atoms. The lowest BCUT2D eigenvalue weighted by molar-refractivity contribution is -0.147. The normalized spacial score (nSPS) is 12.9. The zero-order valence-electron chi connectivity index (χ0n) is 24.5. The van der Waals surface area contributed by atoms with Gasteiger partial charge in [-0.15, -0.1) is 0 Å². The van der Waals surface area contributed by atoms with Crippen molar-refractivity contribution in [3.8, 4) is 0 Å². The van der Waals surface area contributed by atoms with Crippen molar-refractivity contribution in [3.05, 3.63) is 12.2 Å². The molecule has 4 N–H and O–H groups in total. The molecular weight excluding hydrogens is 480 g/mol. The Balaban J connectivity index is 4.19. The van der Waals surface area contributed by atoms with Crippen molar-refractivity contribution in [2.24, 2.45) is 5.73 Å². The number of aliphatic carboxylic acids is 1. The number of carboxylic acids is 1. The highest BCUT2D eigenvalue weighted by molar-refractivity contribution is 5.83. The summed E-state index contributed by atoms with van der Waals surface area (Å²) in [5.74, 6) is -1.34. The fraction of sp³-hybridized carbons (Fsp3) is 0.839. The van der Waals surface area contributed by atoms with Crippen molar-refractivity contribution < 1.29 is 24.2 Å². The van der Waals surface area contributed by atoms with E-state index in [0.717, 1.165) is 57.8 Å². The van der Waals surface area contributed by atoms with E-state index in [4.69, 9.17) is 10.5 Å². The zero-order valence-corrected chi connectivity index (χ0v) is 24.5. The van der Waals surface area contributed by atoms with Crippen LogP contribution in [0.5, 0.6) is 0 Å². The molecule has 2 atom stereocenters. The molecule has 0 saturated heterocycles. The van der Waals surface area contributed by atoms with E-state index < -0.39 is 12.0 Å². The molecule has 0 aliphatic rings. The van der Waals surface area contributed by atoms with Gasteiger partial charge in [-0.2, -0.15) is 0 Å². The Morgan fingerprint density at radius 3 is 1.95 bits per heavy atom. The summed E-state index contributed by atoms with van der Waals surface area (Å²) in [6.45, 7) is 4.81. The van der Waals surface area contributed by atoms with Crippen LogP contribution in [0.15, 0.2) is 12.2 Å². The molecule has 38 heavy (non-hydrogen) atoms. The number of amides is 1. The van der Waals surface area contributed by atoms with Gasteiger partial charge in [-0.25, -0.2) is 4.79 Å². The van der Waals surface area contributed by atoms with Crippen LogP contribution in [0.4, 0.5) is 0 Å². The largest absolute Gasteiger partial charge is 0.480 e. The maximum atomic E-state index is 12.4. The molecule has 1 amide bonds. The second-order valence-corrected chi connectivity index (χ2v) is 10.5. The van der Waals surface area contributed by atoms with Crippen LogP contribution in [0.25, 0.3) is 0 Å². The van der Waals surface area contributed by atoms with E-state index in [2.05, 4.69) is 25.2 Å². The van der Waals surface area contributed by atoms with Gasteiger partial charge in [0.1, 0.15) is 12.1 Å². The van der Waals surface area contributed by atoms with Crippen molar-refractivity contribution in [2.75, 3.05) is 6.54 Å². The Hall–Kier alpha value is -1.89. The van der Waals surface area contributed by atoms with Gasteiger partial charge in [0.15, 0.2) is 0 Å². The summed E-state index contributed by atoms with van der Waals surface area (Å²) in [6.07, 6.45) is 24.3. The van der Waals surface area contributed by atoms with Crippen LogP contribution in [-0.2, 0) is 19.1 Å². The van der Waals surface area contributed by atoms with E-state index in [-0.39, 0.29) is 18.0 Å². The van der Waals surface area contributed by atoms with E-state index in [1.54, 1.807) is 0 Å². The minimum atomic E-state index is -1.02. The second kappa shape index (κ2) is 26.7. The summed E-state index contributed by atoms with van der Waals surface area (Å²) in [4.78, 5) is 35.7. The summed E-state index contributed by atoms with van der Waals surface area (Å²) in [7, 11) is 0. The third-order valence-corrected chi connectivity index (χ3v) is 6.82. The summed E-state index contributed by atoms with van der Waals surface area (Å²) in [6, 6.07) is -0.864. The molecule has 2 unspecified atom stereocenters. The Bertz CT molecular complexity index is 623. The standard InChI is InChI=1S/C31H58N2O5/c1-3-5-7-9-10-11-12-13-19-25-30(35)38-27(21-16-8-6-4-2)22-17-14-15-18-24-29(34)33-28(31(36)37)23-20-26-32/h16,21,27-28H,3-15,17-20,22-26,32H2,1-2H3,(H,33,34)(H,36,37)/b21-16-. The van der Waals surface area contributed by atoms with E-state index in [1.807, 2.05) is 6.08 Å². The Kier molecular flexibility index (Phi) is 25.4. The molecule has 0 saturated carbocycles. The van der Waals surface area contributed by atoms with Crippen LogP contribution in [0.2, 0.25) is 0 Å². The minimum absolute atomic E-state index is 0.0996. The smallest absolute Gasteiger partial charge is 0.326 e. The molecule has 0 aromatic carbocycles. The van der Waals surface area contributed by atoms with Crippen LogP contribution in [-0.4, -0.2) is 41.6 Å². The highest BCUT2D eigenvalue weighted by Gasteiger charge is 2.18. The lowest BCUT2D eigenvalue weighted by Gasteiger charge is -2.15. The first-order chi connectivity index (χ1) is 18.4. The van der Waals surface area contributed by atoms with Crippen molar-refractivity contribution in [2.45, 2.75) is 161 Å². The number of unbranched alkanes of at least 4 members (excludes halogenated alkanes) is 13. The zero-order chi connectivity index (χ0) is 28.3. The van der Waals surface area contributed by atoms with Crippen LogP contribution in [0.1, 0.15) is 149 Å².